The number of halogens is 1. The van der Waals surface area contributed by atoms with Crippen molar-refractivity contribution >= 4 is 11.9 Å². The first kappa shape index (κ1) is 18.1. The molecule has 1 aliphatic rings. The number of carbonyl (C=O) groups excluding carboxylic acids is 1. The zero-order valence-electron chi connectivity index (χ0n) is 15.3. The molecule has 26 heavy (non-hydrogen) atoms. The third kappa shape index (κ3) is 4.47. The fourth-order valence-electron chi connectivity index (χ4n) is 2.75. The largest absolute Gasteiger partial charge is 0.444 e. The molecule has 1 aliphatic heterocycles. The van der Waals surface area contributed by atoms with Gasteiger partial charge in [-0.3, -0.25) is 0 Å². The first-order valence-electron chi connectivity index (χ1n) is 8.63. The van der Waals surface area contributed by atoms with Crippen molar-refractivity contribution in [2.45, 2.75) is 26.4 Å². The van der Waals surface area contributed by atoms with Crippen molar-refractivity contribution in [3.63, 3.8) is 0 Å². The van der Waals surface area contributed by atoms with Crippen LogP contribution in [0.1, 0.15) is 20.8 Å². The lowest BCUT2D eigenvalue weighted by atomic mass is 10.1. The highest BCUT2D eigenvalue weighted by atomic mass is 19.1. The number of piperazine rings is 1. The van der Waals surface area contributed by atoms with Crippen molar-refractivity contribution in [2.75, 3.05) is 31.1 Å². The summed E-state index contributed by atoms with van der Waals surface area (Å²) in [6.07, 6.45) is 1.37. The minimum Gasteiger partial charge on any atom is -0.444 e. The van der Waals surface area contributed by atoms with E-state index in [-0.39, 0.29) is 11.9 Å². The van der Waals surface area contributed by atoms with E-state index in [1.165, 1.54) is 12.1 Å². The first-order valence-corrected chi connectivity index (χ1v) is 8.63. The molecule has 0 atom stereocenters. The van der Waals surface area contributed by atoms with Crippen LogP contribution in [0, 0.1) is 5.82 Å². The van der Waals surface area contributed by atoms with Gasteiger partial charge in [-0.1, -0.05) is 12.1 Å². The highest BCUT2D eigenvalue weighted by Gasteiger charge is 2.26. The Labute approximate surface area is 152 Å². The lowest BCUT2D eigenvalue weighted by Crippen LogP contribution is -2.50. The van der Waals surface area contributed by atoms with E-state index in [1.807, 2.05) is 26.8 Å². The van der Waals surface area contributed by atoms with Crippen LogP contribution in [0.25, 0.3) is 11.1 Å². The van der Waals surface area contributed by atoms with Gasteiger partial charge in [-0.05, 0) is 44.5 Å². The highest BCUT2D eigenvalue weighted by molar-refractivity contribution is 5.69. The Morgan fingerprint density at radius 3 is 2.35 bits per heavy atom. The van der Waals surface area contributed by atoms with Gasteiger partial charge in [0.2, 0.25) is 0 Å². The molecule has 6 nitrogen and oxygen atoms in total. The summed E-state index contributed by atoms with van der Waals surface area (Å²) in [6.45, 7) is 8.02. The number of nitrogens with zero attached hydrogens (tertiary/aromatic N) is 4. The molecule has 1 amide bonds. The van der Waals surface area contributed by atoms with Gasteiger partial charge in [0.05, 0.1) is 6.20 Å². The van der Waals surface area contributed by atoms with Crippen LogP contribution in [-0.4, -0.2) is 53.0 Å². The highest BCUT2D eigenvalue weighted by Crippen LogP contribution is 2.23. The summed E-state index contributed by atoms with van der Waals surface area (Å²) < 4.78 is 18.5. The minimum atomic E-state index is -0.497. The van der Waals surface area contributed by atoms with Crippen molar-refractivity contribution in [1.82, 2.24) is 15.1 Å². The standard InChI is InChI=1S/C19H23FN4O2/c1-19(2,3)26-18(25)24-10-8-23(9-11-24)17-12-15(13-21-22-17)14-4-6-16(20)7-5-14/h4-7,12-13H,8-11H2,1-3H3. The molecule has 1 aromatic carbocycles. The average molecular weight is 358 g/mol. The van der Waals surface area contributed by atoms with Crippen LogP contribution >= 0.6 is 0 Å². The predicted octanol–water partition coefficient (Wildman–Crippen LogP) is 3.34. The Morgan fingerprint density at radius 1 is 1.08 bits per heavy atom. The Bertz CT molecular complexity index is 766. The lowest BCUT2D eigenvalue weighted by molar-refractivity contribution is 0.0240. The molecule has 3 rings (SSSR count). The fourth-order valence-corrected chi connectivity index (χ4v) is 2.75. The van der Waals surface area contributed by atoms with E-state index in [1.54, 1.807) is 23.2 Å². The fraction of sp³-hybridized carbons (Fsp3) is 0.421. The average Bonchev–Trinajstić information content (AvgIpc) is 2.61. The van der Waals surface area contributed by atoms with E-state index >= 15 is 0 Å². The Balaban J connectivity index is 1.65. The van der Waals surface area contributed by atoms with Gasteiger partial charge < -0.3 is 14.5 Å². The number of hydrogen-bond donors (Lipinski definition) is 0. The summed E-state index contributed by atoms with van der Waals surface area (Å²) in [6, 6.07) is 8.22. The van der Waals surface area contributed by atoms with Crippen molar-refractivity contribution in [3.8, 4) is 11.1 Å². The van der Waals surface area contributed by atoms with Crippen molar-refractivity contribution in [2.24, 2.45) is 0 Å². The van der Waals surface area contributed by atoms with E-state index in [4.69, 9.17) is 4.74 Å². The smallest absolute Gasteiger partial charge is 0.410 e. The van der Waals surface area contributed by atoms with E-state index in [0.717, 1.165) is 16.9 Å². The number of ether oxygens (including phenoxy) is 1. The Morgan fingerprint density at radius 2 is 1.73 bits per heavy atom. The number of amides is 1. The predicted molar refractivity (Wildman–Crippen MR) is 97.4 cm³/mol. The van der Waals surface area contributed by atoms with Gasteiger partial charge in [0, 0.05) is 31.7 Å². The summed E-state index contributed by atoms with van der Waals surface area (Å²) in [5.41, 5.74) is 1.27. The molecule has 0 spiro atoms. The molecule has 7 heteroatoms. The molecular weight excluding hydrogens is 335 g/mol. The molecule has 0 bridgehead atoms. The maximum atomic E-state index is 13.1. The number of aromatic nitrogens is 2. The van der Waals surface area contributed by atoms with Crippen LogP contribution in [0.5, 0.6) is 0 Å². The molecule has 1 fully saturated rings. The third-order valence-electron chi connectivity index (χ3n) is 4.07. The van der Waals surface area contributed by atoms with Crippen LogP contribution in [0.3, 0.4) is 0 Å². The molecule has 1 aromatic heterocycles. The van der Waals surface area contributed by atoms with Gasteiger partial charge >= 0.3 is 6.09 Å². The first-order chi connectivity index (χ1) is 12.3. The van der Waals surface area contributed by atoms with Crippen LogP contribution in [0.2, 0.25) is 0 Å². The van der Waals surface area contributed by atoms with Gasteiger partial charge in [-0.25, -0.2) is 9.18 Å². The number of benzene rings is 1. The molecule has 0 unspecified atom stereocenters. The minimum absolute atomic E-state index is 0.269. The molecular formula is C19H23FN4O2. The zero-order valence-corrected chi connectivity index (χ0v) is 15.3. The SMILES string of the molecule is CC(C)(C)OC(=O)N1CCN(c2cc(-c3ccc(F)cc3)cnn2)CC1. The number of anilines is 1. The van der Waals surface area contributed by atoms with Gasteiger partial charge in [-0.15, -0.1) is 5.10 Å². The van der Waals surface area contributed by atoms with Crippen LogP contribution in [0.4, 0.5) is 15.0 Å². The summed E-state index contributed by atoms with van der Waals surface area (Å²) >= 11 is 0. The quantitative estimate of drug-likeness (QED) is 0.824. The molecule has 1 saturated heterocycles. The van der Waals surface area contributed by atoms with E-state index < -0.39 is 5.60 Å². The summed E-state index contributed by atoms with van der Waals surface area (Å²) in [5.74, 6) is 0.477. The molecule has 2 aromatic rings. The third-order valence-corrected chi connectivity index (χ3v) is 4.07. The van der Waals surface area contributed by atoms with E-state index in [2.05, 4.69) is 15.1 Å². The van der Waals surface area contributed by atoms with Crippen molar-refractivity contribution in [3.05, 3.63) is 42.3 Å². The van der Waals surface area contributed by atoms with Crippen LogP contribution < -0.4 is 4.90 Å². The zero-order chi connectivity index (χ0) is 18.7. The maximum Gasteiger partial charge on any atom is 0.410 e. The molecule has 2 heterocycles. The second kappa shape index (κ2) is 7.27. The van der Waals surface area contributed by atoms with Crippen molar-refractivity contribution < 1.29 is 13.9 Å². The Kier molecular flexibility index (Phi) is 5.06. The molecule has 0 radical (unpaired) electrons. The van der Waals surface area contributed by atoms with Gasteiger partial charge in [0.25, 0.3) is 0 Å². The number of rotatable bonds is 2. The van der Waals surface area contributed by atoms with E-state index in [9.17, 15) is 9.18 Å². The lowest BCUT2D eigenvalue weighted by Gasteiger charge is -2.36. The van der Waals surface area contributed by atoms with Crippen molar-refractivity contribution in [1.29, 1.82) is 0 Å². The second-order valence-electron chi connectivity index (χ2n) is 7.26. The molecule has 0 aliphatic carbocycles. The maximum absolute atomic E-state index is 13.1. The van der Waals surface area contributed by atoms with Crippen LogP contribution in [0.15, 0.2) is 36.5 Å². The van der Waals surface area contributed by atoms with Crippen LogP contribution in [-0.2, 0) is 4.74 Å². The Hall–Kier alpha value is -2.70. The van der Waals surface area contributed by atoms with Gasteiger partial charge in [-0.2, -0.15) is 5.10 Å². The molecule has 0 N–H and O–H groups in total. The second-order valence-corrected chi connectivity index (χ2v) is 7.26. The topological polar surface area (TPSA) is 58.6 Å². The summed E-state index contributed by atoms with van der Waals surface area (Å²) in [7, 11) is 0. The summed E-state index contributed by atoms with van der Waals surface area (Å²) in [5, 5.41) is 8.27. The van der Waals surface area contributed by atoms with Gasteiger partial charge in [0.1, 0.15) is 11.4 Å². The number of carbonyl (C=O) groups is 1. The molecule has 0 saturated carbocycles. The normalized spacial score (nSPS) is 15.1. The van der Waals surface area contributed by atoms with E-state index in [0.29, 0.717) is 26.2 Å². The monoisotopic (exact) mass is 358 g/mol. The number of hydrogen-bond acceptors (Lipinski definition) is 5. The summed E-state index contributed by atoms with van der Waals surface area (Å²) in [4.78, 5) is 15.9. The van der Waals surface area contributed by atoms with Gasteiger partial charge in [0.15, 0.2) is 5.82 Å². The molecule has 138 valence electrons.